The number of thioether (sulfide) groups is 1. The van der Waals surface area contributed by atoms with E-state index in [1.807, 2.05) is 11.3 Å². The molecule has 0 aliphatic carbocycles. The minimum atomic E-state index is -1.96. The number of hydrogen-bond acceptors (Lipinski definition) is 2. The average Bonchev–Trinajstić information content (AvgIpc) is 3.03. The van der Waals surface area contributed by atoms with Gasteiger partial charge in [-0.2, -0.15) is 0 Å². The summed E-state index contributed by atoms with van der Waals surface area (Å²) in [5.74, 6) is 0. The quantitative estimate of drug-likeness (QED) is 0.348. The van der Waals surface area contributed by atoms with Crippen molar-refractivity contribution in [3.63, 3.8) is 0 Å². The molecule has 1 aliphatic heterocycles. The molecule has 0 amide bonds. The summed E-state index contributed by atoms with van der Waals surface area (Å²) in [6.45, 7) is 2.31. The van der Waals surface area contributed by atoms with Crippen molar-refractivity contribution in [2.45, 2.75) is 63.0 Å². The molecule has 0 radical (unpaired) electrons. The van der Waals surface area contributed by atoms with Crippen LogP contribution in [0.3, 0.4) is 0 Å². The normalized spacial score (nSPS) is 23.1. The van der Waals surface area contributed by atoms with Gasteiger partial charge in [-0.3, -0.25) is 0 Å². The van der Waals surface area contributed by atoms with Crippen molar-refractivity contribution in [1.29, 1.82) is 0 Å². The van der Waals surface area contributed by atoms with Crippen LogP contribution in [0.25, 0.3) is 4.91 Å². The van der Waals surface area contributed by atoms with E-state index in [1.54, 1.807) is 4.91 Å². The summed E-state index contributed by atoms with van der Waals surface area (Å²) < 4.78 is 0.613. The predicted octanol–water partition coefficient (Wildman–Crippen LogP) is 6.81. The standard InChI is InChI=1S/C14H19S2.3CH3.Sn/c1-2-3-4-5-7-12-9-10-14(16-12)13-8-6-11-15-13;;;;/h6,8,10-11H,2-5,7,9H2,1H3;3*1H3;. The van der Waals surface area contributed by atoms with Gasteiger partial charge in [-0.15, -0.1) is 0 Å². The third-order valence-electron chi connectivity index (χ3n) is 4.49. The molecular weight excluding hydrogens is 387 g/mol. The molecule has 2 rings (SSSR count). The van der Waals surface area contributed by atoms with Crippen molar-refractivity contribution < 1.29 is 0 Å². The molecule has 0 N–H and O–H groups in total. The van der Waals surface area contributed by atoms with Crippen molar-refractivity contribution in [2.24, 2.45) is 0 Å². The van der Waals surface area contributed by atoms with Crippen molar-refractivity contribution in [2.75, 3.05) is 0 Å². The second-order valence-corrected chi connectivity index (χ2v) is 25.9. The van der Waals surface area contributed by atoms with E-state index in [2.05, 4.69) is 57.1 Å². The van der Waals surface area contributed by atoms with Crippen LogP contribution in [0.2, 0.25) is 14.8 Å². The van der Waals surface area contributed by atoms with Gasteiger partial charge in [-0.1, -0.05) is 0 Å². The Balaban J connectivity index is 2.04. The predicted molar refractivity (Wildman–Crippen MR) is 99.3 cm³/mol. The average molecular weight is 415 g/mol. The van der Waals surface area contributed by atoms with Crippen LogP contribution in [-0.4, -0.2) is 21.1 Å². The van der Waals surface area contributed by atoms with E-state index in [9.17, 15) is 0 Å². The summed E-state index contributed by atoms with van der Waals surface area (Å²) in [6.07, 6.45) is 10.9. The van der Waals surface area contributed by atoms with Gasteiger partial charge < -0.3 is 0 Å². The van der Waals surface area contributed by atoms with Crippen molar-refractivity contribution >= 4 is 46.4 Å². The second-order valence-electron chi connectivity index (χ2n) is 6.91. The van der Waals surface area contributed by atoms with E-state index in [-0.39, 0.29) is 0 Å². The van der Waals surface area contributed by atoms with Crippen molar-refractivity contribution in [1.82, 2.24) is 0 Å². The summed E-state index contributed by atoms with van der Waals surface area (Å²) in [6, 6.07) is 4.47. The molecule has 0 fully saturated rings. The summed E-state index contributed by atoms with van der Waals surface area (Å²) in [5.41, 5.74) is 0. The Bertz CT molecular complexity index is 442. The van der Waals surface area contributed by atoms with E-state index < -0.39 is 18.4 Å². The van der Waals surface area contributed by atoms with Crippen LogP contribution in [0, 0.1) is 0 Å². The Labute approximate surface area is 137 Å². The van der Waals surface area contributed by atoms with Gasteiger partial charge in [0.2, 0.25) is 0 Å². The van der Waals surface area contributed by atoms with Crippen LogP contribution in [0.5, 0.6) is 0 Å². The van der Waals surface area contributed by atoms with Gasteiger partial charge in [0.25, 0.3) is 0 Å². The summed E-state index contributed by atoms with van der Waals surface area (Å²) in [7, 11) is 0. The zero-order chi connectivity index (χ0) is 14.6. The number of thiophene rings is 1. The summed E-state index contributed by atoms with van der Waals surface area (Å²) >= 11 is 2.18. The van der Waals surface area contributed by atoms with E-state index in [0.29, 0.717) is 2.76 Å². The Kier molecular flexibility index (Phi) is 6.13. The number of unbranched alkanes of at least 4 members (excludes halogenated alkanes) is 3. The number of rotatable bonds is 7. The van der Waals surface area contributed by atoms with Crippen LogP contribution in [0.4, 0.5) is 0 Å². The van der Waals surface area contributed by atoms with Gasteiger partial charge in [-0.25, -0.2) is 0 Å². The van der Waals surface area contributed by atoms with Gasteiger partial charge in [0.1, 0.15) is 0 Å². The third-order valence-corrected chi connectivity index (χ3v) is 21.0. The molecule has 3 heteroatoms. The summed E-state index contributed by atoms with van der Waals surface area (Å²) in [5, 5.41) is 2.21. The molecule has 20 heavy (non-hydrogen) atoms. The Morgan fingerprint density at radius 3 is 2.60 bits per heavy atom. The third kappa shape index (κ3) is 3.86. The van der Waals surface area contributed by atoms with Crippen LogP contribution >= 0.6 is 23.1 Å². The molecule has 0 bridgehead atoms. The van der Waals surface area contributed by atoms with Crippen molar-refractivity contribution in [3.8, 4) is 0 Å². The zero-order valence-electron chi connectivity index (χ0n) is 13.4. The van der Waals surface area contributed by atoms with Crippen LogP contribution in [0.15, 0.2) is 23.6 Å². The van der Waals surface area contributed by atoms with E-state index >= 15 is 0 Å². The van der Waals surface area contributed by atoms with E-state index in [1.165, 1.54) is 43.4 Å². The molecule has 0 nitrogen and oxygen atoms in total. The number of allylic oxidation sites excluding steroid dienone is 1. The Morgan fingerprint density at radius 1 is 1.20 bits per heavy atom. The summed E-state index contributed by atoms with van der Waals surface area (Å²) in [4.78, 5) is 11.0. The first-order valence-electron chi connectivity index (χ1n) is 7.91. The second kappa shape index (κ2) is 7.23. The van der Waals surface area contributed by atoms with Gasteiger partial charge in [0, 0.05) is 0 Å². The molecule has 1 aromatic heterocycles. The maximum absolute atomic E-state index is 2.63. The van der Waals surface area contributed by atoms with E-state index in [4.69, 9.17) is 0 Å². The SMILES string of the molecule is CCCCCC[C]1([Sn]([CH3])([CH3])[CH3])CC=C(c2cccs2)S1. The first-order chi connectivity index (χ1) is 9.48. The maximum atomic E-state index is 2.63. The fourth-order valence-corrected chi connectivity index (χ4v) is 13.6. The molecule has 1 aromatic rings. The molecule has 2 heterocycles. The molecule has 0 spiro atoms. The first-order valence-corrected chi connectivity index (χ1v) is 19.6. The van der Waals surface area contributed by atoms with Gasteiger partial charge in [-0.05, 0) is 0 Å². The van der Waals surface area contributed by atoms with Crippen LogP contribution < -0.4 is 0 Å². The fraction of sp³-hybridized carbons (Fsp3) is 0.647. The molecule has 112 valence electrons. The van der Waals surface area contributed by atoms with Gasteiger partial charge >= 0.3 is 138 Å². The number of hydrogen-bond donors (Lipinski definition) is 0. The van der Waals surface area contributed by atoms with Gasteiger partial charge in [0.05, 0.1) is 0 Å². The molecule has 0 saturated heterocycles. The first kappa shape index (κ1) is 17.0. The van der Waals surface area contributed by atoms with Gasteiger partial charge in [0.15, 0.2) is 0 Å². The molecule has 1 atom stereocenters. The molecule has 1 unspecified atom stereocenters. The molecular formula is C17H28S2Sn. The van der Waals surface area contributed by atoms with Crippen LogP contribution in [-0.2, 0) is 0 Å². The molecule has 1 aliphatic rings. The molecule has 0 saturated carbocycles. The van der Waals surface area contributed by atoms with E-state index in [0.717, 1.165) is 0 Å². The zero-order valence-corrected chi connectivity index (χ0v) is 17.9. The Hall–Kier alpha value is 0.589. The Morgan fingerprint density at radius 2 is 2.00 bits per heavy atom. The molecule has 0 aromatic carbocycles. The monoisotopic (exact) mass is 416 g/mol. The van der Waals surface area contributed by atoms with Crippen molar-refractivity contribution in [3.05, 3.63) is 28.5 Å². The van der Waals surface area contributed by atoms with Crippen LogP contribution in [0.1, 0.15) is 50.3 Å². The topological polar surface area (TPSA) is 0 Å². The fourth-order valence-electron chi connectivity index (χ4n) is 2.95. The minimum absolute atomic E-state index is 0.613.